The van der Waals surface area contributed by atoms with Gasteiger partial charge in [-0.15, -0.1) is 16.4 Å². The van der Waals surface area contributed by atoms with Crippen molar-refractivity contribution in [2.45, 2.75) is 26.6 Å². The Labute approximate surface area is 184 Å². The summed E-state index contributed by atoms with van der Waals surface area (Å²) in [5.74, 6) is 2.02. The van der Waals surface area contributed by atoms with Crippen LogP contribution in [0, 0.1) is 6.92 Å². The second-order valence-electron chi connectivity index (χ2n) is 7.36. The van der Waals surface area contributed by atoms with E-state index in [-0.39, 0.29) is 12.5 Å². The number of ether oxygens (including phenoxy) is 1. The Morgan fingerprint density at radius 3 is 2.52 bits per heavy atom. The predicted octanol–water partition coefficient (Wildman–Crippen LogP) is 3.93. The first-order valence-corrected chi connectivity index (χ1v) is 10.8. The highest BCUT2D eigenvalue weighted by molar-refractivity contribution is 7.11. The lowest BCUT2D eigenvalue weighted by Gasteiger charge is -2.16. The quantitative estimate of drug-likeness (QED) is 0.479. The first kappa shape index (κ1) is 19.4. The minimum Gasteiger partial charge on any atom is -0.497 e. The highest BCUT2D eigenvalue weighted by Crippen LogP contribution is 2.29. The Morgan fingerprint density at radius 2 is 1.81 bits per heavy atom. The summed E-state index contributed by atoms with van der Waals surface area (Å²) in [5, 5.41) is 5.72. The SMILES string of the molecule is COc1ccc(-c2nc(-c3ccccc3)n(CC(=O)N3Cc4nc(C)sc4C3)n2)cc1. The van der Waals surface area contributed by atoms with Crippen LogP contribution in [0.3, 0.4) is 0 Å². The normalized spacial score (nSPS) is 12.8. The maximum Gasteiger partial charge on any atom is 0.245 e. The van der Waals surface area contributed by atoms with Gasteiger partial charge in [-0.3, -0.25) is 4.79 Å². The van der Waals surface area contributed by atoms with Gasteiger partial charge in [-0.2, -0.15) is 0 Å². The average molecular weight is 432 g/mol. The molecule has 0 N–H and O–H groups in total. The molecule has 0 saturated carbocycles. The zero-order valence-corrected chi connectivity index (χ0v) is 18.1. The molecule has 0 bridgehead atoms. The number of thiazole rings is 1. The summed E-state index contributed by atoms with van der Waals surface area (Å²) in [6.07, 6.45) is 0. The molecule has 156 valence electrons. The average Bonchev–Trinajstić information content (AvgIpc) is 3.47. The Kier molecular flexibility index (Phi) is 4.99. The van der Waals surface area contributed by atoms with Crippen LogP contribution in [0.15, 0.2) is 54.6 Å². The largest absolute Gasteiger partial charge is 0.497 e. The highest BCUT2D eigenvalue weighted by atomic mass is 32.1. The molecule has 0 fully saturated rings. The molecule has 2 aromatic heterocycles. The summed E-state index contributed by atoms with van der Waals surface area (Å²) in [5.41, 5.74) is 2.80. The van der Waals surface area contributed by atoms with E-state index < -0.39 is 0 Å². The standard InChI is InChI=1S/C23H21N5O2S/c1-15-24-19-12-27(13-20(19)31-15)21(29)14-28-23(17-6-4-3-5-7-17)25-22(26-28)16-8-10-18(30-2)11-9-16/h3-11H,12-14H2,1-2H3. The van der Waals surface area contributed by atoms with Gasteiger partial charge in [-0.1, -0.05) is 30.3 Å². The number of benzene rings is 2. The van der Waals surface area contributed by atoms with Gasteiger partial charge in [0.05, 0.1) is 30.9 Å². The zero-order chi connectivity index (χ0) is 21.4. The first-order valence-electron chi connectivity index (χ1n) is 9.98. The van der Waals surface area contributed by atoms with Gasteiger partial charge in [0.1, 0.15) is 12.3 Å². The van der Waals surface area contributed by atoms with Crippen LogP contribution in [0.5, 0.6) is 5.75 Å². The van der Waals surface area contributed by atoms with Crippen LogP contribution in [0.1, 0.15) is 15.6 Å². The minimum absolute atomic E-state index is 0.00575. The molecule has 4 aromatic rings. The number of rotatable bonds is 5. The van der Waals surface area contributed by atoms with Crippen LogP contribution in [-0.2, 0) is 24.4 Å². The third-order valence-electron chi connectivity index (χ3n) is 5.25. The molecule has 31 heavy (non-hydrogen) atoms. The lowest BCUT2D eigenvalue weighted by atomic mass is 10.2. The second-order valence-corrected chi connectivity index (χ2v) is 8.65. The molecule has 0 aliphatic carbocycles. The summed E-state index contributed by atoms with van der Waals surface area (Å²) in [7, 11) is 1.63. The van der Waals surface area contributed by atoms with E-state index in [9.17, 15) is 4.79 Å². The summed E-state index contributed by atoms with van der Waals surface area (Å²) in [4.78, 5) is 25.4. The fourth-order valence-electron chi connectivity index (χ4n) is 3.69. The number of carbonyl (C=O) groups excluding carboxylic acids is 1. The molecule has 0 atom stereocenters. The molecule has 0 unspecified atom stereocenters. The minimum atomic E-state index is 0.00575. The van der Waals surface area contributed by atoms with Gasteiger partial charge in [0, 0.05) is 16.0 Å². The molecular weight excluding hydrogens is 410 g/mol. The predicted molar refractivity (Wildman–Crippen MR) is 119 cm³/mol. The molecular formula is C23H21N5O2S. The summed E-state index contributed by atoms with van der Waals surface area (Å²) >= 11 is 1.66. The van der Waals surface area contributed by atoms with Crippen LogP contribution in [0.25, 0.3) is 22.8 Å². The van der Waals surface area contributed by atoms with Gasteiger partial charge < -0.3 is 9.64 Å². The van der Waals surface area contributed by atoms with E-state index in [0.29, 0.717) is 24.7 Å². The topological polar surface area (TPSA) is 73.1 Å². The lowest BCUT2D eigenvalue weighted by Crippen LogP contribution is -2.30. The van der Waals surface area contributed by atoms with E-state index in [4.69, 9.17) is 9.72 Å². The van der Waals surface area contributed by atoms with Gasteiger partial charge >= 0.3 is 0 Å². The van der Waals surface area contributed by atoms with Crippen molar-refractivity contribution in [3.05, 3.63) is 70.2 Å². The van der Waals surface area contributed by atoms with Crippen molar-refractivity contribution in [2.75, 3.05) is 7.11 Å². The molecule has 1 amide bonds. The van der Waals surface area contributed by atoms with Crippen molar-refractivity contribution >= 4 is 17.2 Å². The van der Waals surface area contributed by atoms with Gasteiger partial charge in [0.25, 0.3) is 0 Å². The molecule has 3 heterocycles. The fourth-order valence-corrected chi connectivity index (χ4v) is 4.65. The molecule has 0 spiro atoms. The number of carbonyl (C=O) groups is 1. The molecule has 0 radical (unpaired) electrons. The van der Waals surface area contributed by atoms with Gasteiger partial charge in [-0.05, 0) is 31.2 Å². The molecule has 1 aliphatic heterocycles. The smallest absolute Gasteiger partial charge is 0.245 e. The van der Waals surface area contributed by atoms with E-state index in [0.717, 1.165) is 27.6 Å². The van der Waals surface area contributed by atoms with Crippen LogP contribution >= 0.6 is 11.3 Å². The zero-order valence-electron chi connectivity index (χ0n) is 17.3. The van der Waals surface area contributed by atoms with Crippen LogP contribution in [-0.4, -0.2) is 37.7 Å². The third-order valence-corrected chi connectivity index (χ3v) is 6.25. The monoisotopic (exact) mass is 431 g/mol. The number of hydrogen-bond acceptors (Lipinski definition) is 6. The summed E-state index contributed by atoms with van der Waals surface area (Å²) < 4.78 is 6.94. The fraction of sp³-hybridized carbons (Fsp3) is 0.217. The number of aromatic nitrogens is 4. The van der Waals surface area contributed by atoms with Crippen molar-refractivity contribution in [3.8, 4) is 28.5 Å². The lowest BCUT2D eigenvalue weighted by molar-refractivity contribution is -0.132. The van der Waals surface area contributed by atoms with Crippen LogP contribution < -0.4 is 4.74 Å². The Morgan fingerprint density at radius 1 is 1.03 bits per heavy atom. The maximum atomic E-state index is 13.1. The Balaban J connectivity index is 1.44. The van der Waals surface area contributed by atoms with E-state index in [1.807, 2.05) is 66.4 Å². The van der Waals surface area contributed by atoms with Crippen molar-refractivity contribution in [2.24, 2.45) is 0 Å². The maximum absolute atomic E-state index is 13.1. The summed E-state index contributed by atoms with van der Waals surface area (Å²) in [6.45, 7) is 3.29. The van der Waals surface area contributed by atoms with Crippen molar-refractivity contribution < 1.29 is 9.53 Å². The molecule has 7 nitrogen and oxygen atoms in total. The molecule has 8 heteroatoms. The molecule has 5 rings (SSSR count). The number of fused-ring (bicyclic) bond motifs is 1. The molecule has 1 aliphatic rings. The van der Waals surface area contributed by atoms with E-state index >= 15 is 0 Å². The molecule has 0 saturated heterocycles. The van der Waals surface area contributed by atoms with E-state index in [1.54, 1.807) is 23.1 Å². The number of nitrogens with zero attached hydrogens (tertiary/aromatic N) is 5. The Hall–Kier alpha value is -3.52. The highest BCUT2D eigenvalue weighted by Gasteiger charge is 2.27. The summed E-state index contributed by atoms with van der Waals surface area (Å²) in [6, 6.07) is 17.4. The van der Waals surface area contributed by atoms with Gasteiger partial charge in [0.15, 0.2) is 11.6 Å². The van der Waals surface area contributed by atoms with Gasteiger partial charge in [0.2, 0.25) is 5.91 Å². The number of aryl methyl sites for hydroxylation is 1. The number of amides is 1. The molecule has 2 aromatic carbocycles. The third kappa shape index (κ3) is 3.82. The second kappa shape index (κ2) is 7.96. The van der Waals surface area contributed by atoms with Crippen LogP contribution in [0.2, 0.25) is 0 Å². The number of hydrogen-bond donors (Lipinski definition) is 0. The van der Waals surface area contributed by atoms with E-state index in [2.05, 4.69) is 10.1 Å². The van der Waals surface area contributed by atoms with Crippen LogP contribution in [0.4, 0.5) is 0 Å². The first-order chi connectivity index (χ1) is 15.1. The van der Waals surface area contributed by atoms with Crippen molar-refractivity contribution in [1.29, 1.82) is 0 Å². The van der Waals surface area contributed by atoms with Gasteiger partial charge in [-0.25, -0.2) is 14.6 Å². The van der Waals surface area contributed by atoms with Crippen molar-refractivity contribution in [1.82, 2.24) is 24.6 Å². The number of methoxy groups -OCH3 is 1. The Bertz CT molecular complexity index is 1210. The van der Waals surface area contributed by atoms with E-state index in [1.165, 1.54) is 4.88 Å². The van der Waals surface area contributed by atoms with Crippen molar-refractivity contribution in [3.63, 3.8) is 0 Å².